The summed E-state index contributed by atoms with van der Waals surface area (Å²) in [4.78, 5) is 11.3. The predicted molar refractivity (Wildman–Crippen MR) is 74.1 cm³/mol. The summed E-state index contributed by atoms with van der Waals surface area (Å²) >= 11 is 5.94. The van der Waals surface area contributed by atoms with Gasteiger partial charge in [-0.1, -0.05) is 11.6 Å². The summed E-state index contributed by atoms with van der Waals surface area (Å²) in [5.74, 6) is 0.196. The van der Waals surface area contributed by atoms with Gasteiger partial charge in [-0.25, -0.2) is 4.68 Å². The first-order valence-corrected chi connectivity index (χ1v) is 6.77. The number of carboxylic acid groups (broad SMARTS) is 1. The van der Waals surface area contributed by atoms with Crippen LogP contribution in [0.1, 0.15) is 12.8 Å². The standard InChI is InChI=1S/C13H13ClN4O3/c1-21-10-6-8(14)2-3-9(10)11-15-16-17-18(11)7-13(4-5-13)12(19)20/h2-3,6H,4-5,7H2,1H3,(H,19,20). The highest BCUT2D eigenvalue weighted by Crippen LogP contribution is 2.47. The minimum Gasteiger partial charge on any atom is -0.496 e. The van der Waals surface area contributed by atoms with Gasteiger partial charge in [0.15, 0.2) is 5.82 Å². The van der Waals surface area contributed by atoms with E-state index in [4.69, 9.17) is 16.3 Å². The van der Waals surface area contributed by atoms with E-state index < -0.39 is 11.4 Å². The van der Waals surface area contributed by atoms with E-state index in [1.165, 1.54) is 11.8 Å². The number of tetrazole rings is 1. The maximum Gasteiger partial charge on any atom is 0.311 e. The zero-order valence-electron chi connectivity index (χ0n) is 11.3. The topological polar surface area (TPSA) is 90.1 Å². The smallest absolute Gasteiger partial charge is 0.311 e. The number of aliphatic carboxylic acids is 1. The van der Waals surface area contributed by atoms with Crippen LogP contribution in [0.15, 0.2) is 18.2 Å². The molecule has 0 unspecified atom stereocenters. The van der Waals surface area contributed by atoms with Crippen LogP contribution in [0.5, 0.6) is 5.75 Å². The number of aromatic nitrogens is 4. The molecule has 1 aromatic carbocycles. The molecule has 1 fully saturated rings. The normalized spacial score (nSPS) is 15.7. The molecule has 1 aliphatic carbocycles. The first-order chi connectivity index (χ1) is 10.1. The molecule has 1 aromatic heterocycles. The zero-order valence-corrected chi connectivity index (χ0v) is 12.0. The Bertz CT molecular complexity index is 696. The van der Waals surface area contributed by atoms with E-state index in [0.717, 1.165) is 0 Å². The third kappa shape index (κ3) is 2.44. The molecular formula is C13H13ClN4O3. The van der Waals surface area contributed by atoms with E-state index in [1.54, 1.807) is 18.2 Å². The van der Waals surface area contributed by atoms with Crippen molar-refractivity contribution in [1.29, 1.82) is 0 Å². The van der Waals surface area contributed by atoms with Crippen LogP contribution in [0.3, 0.4) is 0 Å². The molecule has 2 aromatic rings. The fourth-order valence-corrected chi connectivity index (χ4v) is 2.39. The highest BCUT2D eigenvalue weighted by molar-refractivity contribution is 6.30. The maximum atomic E-state index is 11.3. The summed E-state index contributed by atoms with van der Waals surface area (Å²) in [5, 5.41) is 21.4. The number of carbonyl (C=O) groups is 1. The van der Waals surface area contributed by atoms with Crippen LogP contribution < -0.4 is 4.74 Å². The summed E-state index contributed by atoms with van der Waals surface area (Å²) in [7, 11) is 1.53. The zero-order chi connectivity index (χ0) is 15.0. The Labute approximate surface area is 125 Å². The lowest BCUT2D eigenvalue weighted by molar-refractivity contribution is -0.144. The third-order valence-electron chi connectivity index (χ3n) is 3.70. The maximum absolute atomic E-state index is 11.3. The van der Waals surface area contributed by atoms with Crippen LogP contribution in [0, 0.1) is 5.41 Å². The Morgan fingerprint density at radius 2 is 2.29 bits per heavy atom. The molecule has 1 saturated carbocycles. The van der Waals surface area contributed by atoms with E-state index in [9.17, 15) is 9.90 Å². The third-order valence-corrected chi connectivity index (χ3v) is 3.93. The summed E-state index contributed by atoms with van der Waals surface area (Å²) in [6.07, 6.45) is 1.28. The van der Waals surface area contributed by atoms with Crippen molar-refractivity contribution >= 4 is 17.6 Å². The van der Waals surface area contributed by atoms with Gasteiger partial charge in [0.2, 0.25) is 0 Å². The van der Waals surface area contributed by atoms with Gasteiger partial charge in [-0.2, -0.15) is 0 Å². The number of rotatable bonds is 5. The number of methoxy groups -OCH3 is 1. The Balaban J connectivity index is 1.98. The molecule has 1 aliphatic rings. The lowest BCUT2D eigenvalue weighted by Gasteiger charge is -2.12. The molecule has 0 atom stereocenters. The van der Waals surface area contributed by atoms with Crippen molar-refractivity contribution in [3.05, 3.63) is 23.2 Å². The van der Waals surface area contributed by atoms with Gasteiger partial charge < -0.3 is 9.84 Å². The van der Waals surface area contributed by atoms with Crippen LogP contribution in [0.2, 0.25) is 5.02 Å². The van der Waals surface area contributed by atoms with E-state index >= 15 is 0 Å². The Morgan fingerprint density at radius 3 is 2.90 bits per heavy atom. The minimum absolute atomic E-state index is 0.246. The average Bonchev–Trinajstić information content (AvgIpc) is 3.11. The number of nitrogens with zero attached hydrogens (tertiary/aromatic N) is 4. The summed E-state index contributed by atoms with van der Waals surface area (Å²) in [6.45, 7) is 0.246. The van der Waals surface area contributed by atoms with E-state index in [2.05, 4.69) is 15.5 Å². The molecule has 0 saturated heterocycles. The number of carboxylic acids is 1. The second kappa shape index (κ2) is 5.00. The Hall–Kier alpha value is -2.15. The fraction of sp³-hybridized carbons (Fsp3) is 0.385. The Kier molecular flexibility index (Phi) is 3.29. The van der Waals surface area contributed by atoms with Crippen molar-refractivity contribution in [2.75, 3.05) is 7.11 Å². The highest BCUT2D eigenvalue weighted by Gasteiger charge is 2.51. The molecule has 0 bridgehead atoms. The molecule has 110 valence electrons. The summed E-state index contributed by atoms with van der Waals surface area (Å²) in [6, 6.07) is 5.13. The first kappa shape index (κ1) is 13.8. The summed E-state index contributed by atoms with van der Waals surface area (Å²) in [5.41, 5.74) is -0.0721. The summed E-state index contributed by atoms with van der Waals surface area (Å²) < 4.78 is 6.80. The van der Waals surface area contributed by atoms with Crippen LogP contribution in [0.4, 0.5) is 0 Å². The monoisotopic (exact) mass is 308 g/mol. The van der Waals surface area contributed by atoms with Crippen LogP contribution >= 0.6 is 11.6 Å². The first-order valence-electron chi connectivity index (χ1n) is 6.39. The molecule has 8 heteroatoms. The SMILES string of the molecule is COc1cc(Cl)ccc1-c1nnnn1CC1(C(=O)O)CC1. The molecule has 7 nitrogen and oxygen atoms in total. The molecule has 21 heavy (non-hydrogen) atoms. The van der Waals surface area contributed by atoms with E-state index in [1.807, 2.05) is 0 Å². The predicted octanol–water partition coefficient (Wildman–Crippen LogP) is 1.87. The van der Waals surface area contributed by atoms with Crippen LogP contribution in [0.25, 0.3) is 11.4 Å². The van der Waals surface area contributed by atoms with E-state index in [0.29, 0.717) is 35.0 Å². The van der Waals surface area contributed by atoms with Crippen molar-refractivity contribution < 1.29 is 14.6 Å². The minimum atomic E-state index is -0.813. The molecule has 1 heterocycles. The fourth-order valence-electron chi connectivity index (χ4n) is 2.23. The molecule has 0 radical (unpaired) electrons. The second-order valence-corrected chi connectivity index (χ2v) is 5.53. The average molecular weight is 309 g/mol. The van der Waals surface area contributed by atoms with Crippen molar-refractivity contribution in [3.63, 3.8) is 0 Å². The van der Waals surface area contributed by atoms with Crippen molar-refractivity contribution in [2.45, 2.75) is 19.4 Å². The number of ether oxygens (including phenoxy) is 1. The molecule has 0 aliphatic heterocycles. The van der Waals surface area contributed by atoms with Gasteiger partial charge in [-0.3, -0.25) is 4.79 Å². The number of hydrogen-bond acceptors (Lipinski definition) is 5. The number of benzene rings is 1. The van der Waals surface area contributed by atoms with Gasteiger partial charge in [0.1, 0.15) is 5.75 Å². The molecule has 0 spiro atoms. The van der Waals surface area contributed by atoms with Crippen molar-refractivity contribution in [2.24, 2.45) is 5.41 Å². The number of hydrogen-bond donors (Lipinski definition) is 1. The quantitative estimate of drug-likeness (QED) is 0.906. The van der Waals surface area contributed by atoms with Crippen molar-refractivity contribution in [3.8, 4) is 17.1 Å². The van der Waals surface area contributed by atoms with Gasteiger partial charge in [-0.15, -0.1) is 5.10 Å². The molecule has 1 N–H and O–H groups in total. The lowest BCUT2D eigenvalue weighted by Crippen LogP contribution is -2.22. The van der Waals surface area contributed by atoms with Gasteiger partial charge in [0.05, 0.1) is 24.6 Å². The number of halogens is 1. The second-order valence-electron chi connectivity index (χ2n) is 5.09. The lowest BCUT2D eigenvalue weighted by atomic mass is 10.1. The van der Waals surface area contributed by atoms with Gasteiger partial charge in [0.25, 0.3) is 0 Å². The molecule has 3 rings (SSSR count). The largest absolute Gasteiger partial charge is 0.496 e. The van der Waals surface area contributed by atoms with Gasteiger partial charge in [-0.05, 0) is 41.5 Å². The van der Waals surface area contributed by atoms with Crippen molar-refractivity contribution in [1.82, 2.24) is 20.2 Å². The Morgan fingerprint density at radius 1 is 1.52 bits per heavy atom. The van der Waals surface area contributed by atoms with E-state index in [-0.39, 0.29) is 6.54 Å². The van der Waals surface area contributed by atoms with Gasteiger partial charge in [0, 0.05) is 5.02 Å². The molecule has 0 amide bonds. The van der Waals surface area contributed by atoms with Crippen LogP contribution in [-0.4, -0.2) is 38.4 Å². The molecular weight excluding hydrogens is 296 g/mol. The highest BCUT2D eigenvalue weighted by atomic mass is 35.5. The van der Waals surface area contributed by atoms with Crippen LogP contribution in [-0.2, 0) is 11.3 Å². The van der Waals surface area contributed by atoms with Gasteiger partial charge >= 0.3 is 5.97 Å².